The minimum absolute atomic E-state index is 0.722. The first-order chi connectivity index (χ1) is 13.7. The minimum Gasteiger partial charge on any atom is -0.0651 e. The summed E-state index contributed by atoms with van der Waals surface area (Å²) in [7, 11) is 0. The summed E-state index contributed by atoms with van der Waals surface area (Å²) in [5.41, 5.74) is 8.64. The van der Waals surface area contributed by atoms with E-state index in [-0.39, 0.29) is 0 Å². The Morgan fingerprint density at radius 3 is 1.96 bits per heavy atom. The highest BCUT2D eigenvalue weighted by molar-refractivity contribution is 5.68. The van der Waals surface area contributed by atoms with E-state index in [9.17, 15) is 0 Å². The fraction of sp³-hybridized carbons (Fsp3) is 0.357. The van der Waals surface area contributed by atoms with E-state index in [2.05, 4.69) is 86.6 Å². The van der Waals surface area contributed by atoms with Gasteiger partial charge in [0, 0.05) is 0 Å². The van der Waals surface area contributed by atoms with E-state index in [1.807, 2.05) is 0 Å². The molecule has 0 heterocycles. The highest BCUT2D eigenvalue weighted by atomic mass is 14.3. The van der Waals surface area contributed by atoms with Gasteiger partial charge in [0.15, 0.2) is 0 Å². The Hall–Kier alpha value is -2.34. The largest absolute Gasteiger partial charge is 0.0651 e. The predicted molar refractivity (Wildman–Crippen MR) is 121 cm³/mol. The number of aryl methyl sites for hydroxylation is 2. The van der Waals surface area contributed by atoms with Gasteiger partial charge >= 0.3 is 0 Å². The Balaban J connectivity index is 1.45. The summed E-state index contributed by atoms with van der Waals surface area (Å²) in [6.45, 7) is 4.51. The Kier molecular flexibility index (Phi) is 5.95. The Labute approximate surface area is 170 Å². The van der Waals surface area contributed by atoms with Gasteiger partial charge in [-0.2, -0.15) is 0 Å². The smallest absolute Gasteiger partial charge is 0.0155 e. The van der Waals surface area contributed by atoms with Crippen molar-refractivity contribution in [2.45, 2.75) is 64.2 Å². The van der Waals surface area contributed by atoms with Crippen molar-refractivity contribution in [3.05, 3.63) is 95.1 Å². The predicted octanol–water partition coefficient (Wildman–Crippen LogP) is 8.06. The van der Waals surface area contributed by atoms with Crippen LogP contribution in [0.3, 0.4) is 0 Å². The monoisotopic (exact) mass is 368 g/mol. The molecule has 144 valence electrons. The van der Waals surface area contributed by atoms with Crippen LogP contribution in [0, 0.1) is 6.92 Å². The summed E-state index contributed by atoms with van der Waals surface area (Å²) in [6.07, 6.45) is 7.63. The summed E-state index contributed by atoms with van der Waals surface area (Å²) in [5.74, 6) is 1.47. The van der Waals surface area contributed by atoms with Crippen molar-refractivity contribution in [1.82, 2.24) is 0 Å². The van der Waals surface area contributed by atoms with Crippen molar-refractivity contribution in [3.8, 4) is 11.1 Å². The van der Waals surface area contributed by atoms with Crippen LogP contribution >= 0.6 is 0 Å². The second-order valence-electron chi connectivity index (χ2n) is 8.48. The lowest BCUT2D eigenvalue weighted by atomic mass is 9.76. The van der Waals surface area contributed by atoms with Crippen LogP contribution in [-0.2, 0) is 6.42 Å². The average molecular weight is 369 g/mol. The van der Waals surface area contributed by atoms with Gasteiger partial charge in [0.25, 0.3) is 0 Å². The van der Waals surface area contributed by atoms with E-state index < -0.39 is 0 Å². The summed E-state index contributed by atoms with van der Waals surface area (Å²) >= 11 is 0. The lowest BCUT2D eigenvalue weighted by Gasteiger charge is -2.29. The van der Waals surface area contributed by atoms with Gasteiger partial charge < -0.3 is 0 Å². The Morgan fingerprint density at radius 2 is 1.36 bits per heavy atom. The van der Waals surface area contributed by atoms with Crippen molar-refractivity contribution in [1.29, 1.82) is 0 Å². The quantitative estimate of drug-likeness (QED) is 0.427. The molecule has 0 atom stereocenters. The SMILES string of the molecule is CCCc1ccc(-c2ccc(C3CCC(c4ccccc4)CC3)cc2C)cc1. The first-order valence-corrected chi connectivity index (χ1v) is 11.0. The lowest BCUT2D eigenvalue weighted by molar-refractivity contribution is 0.396. The van der Waals surface area contributed by atoms with Crippen LogP contribution in [0.2, 0.25) is 0 Å². The molecule has 1 aliphatic rings. The molecule has 0 N–H and O–H groups in total. The molecule has 0 aromatic heterocycles. The number of hydrogen-bond donors (Lipinski definition) is 0. The van der Waals surface area contributed by atoms with Gasteiger partial charge in [0.1, 0.15) is 0 Å². The van der Waals surface area contributed by atoms with Gasteiger partial charge in [-0.05, 0) is 84.2 Å². The van der Waals surface area contributed by atoms with Gasteiger partial charge in [0.2, 0.25) is 0 Å². The first-order valence-electron chi connectivity index (χ1n) is 11.0. The molecule has 0 saturated heterocycles. The van der Waals surface area contributed by atoms with Crippen LogP contribution < -0.4 is 0 Å². The molecular formula is C28H32. The zero-order valence-corrected chi connectivity index (χ0v) is 17.3. The molecule has 1 saturated carbocycles. The first kappa shape index (κ1) is 19.0. The van der Waals surface area contributed by atoms with E-state index in [4.69, 9.17) is 0 Å². The van der Waals surface area contributed by atoms with Crippen molar-refractivity contribution in [3.63, 3.8) is 0 Å². The summed E-state index contributed by atoms with van der Waals surface area (Å²) < 4.78 is 0. The molecule has 0 aliphatic heterocycles. The van der Waals surface area contributed by atoms with Crippen LogP contribution in [0.25, 0.3) is 11.1 Å². The van der Waals surface area contributed by atoms with E-state index in [1.165, 1.54) is 71.9 Å². The Bertz CT molecular complexity index is 881. The molecule has 0 unspecified atom stereocenters. The van der Waals surface area contributed by atoms with Crippen LogP contribution in [0.4, 0.5) is 0 Å². The third-order valence-corrected chi connectivity index (χ3v) is 6.52. The molecule has 0 heteroatoms. The van der Waals surface area contributed by atoms with Gasteiger partial charge in [-0.3, -0.25) is 0 Å². The molecule has 0 radical (unpaired) electrons. The van der Waals surface area contributed by atoms with Crippen LogP contribution in [-0.4, -0.2) is 0 Å². The highest BCUT2D eigenvalue weighted by Gasteiger charge is 2.23. The molecule has 0 nitrogen and oxygen atoms in total. The Morgan fingerprint density at radius 1 is 0.714 bits per heavy atom. The molecule has 1 aliphatic carbocycles. The van der Waals surface area contributed by atoms with Gasteiger partial charge in [-0.25, -0.2) is 0 Å². The van der Waals surface area contributed by atoms with Crippen molar-refractivity contribution < 1.29 is 0 Å². The van der Waals surface area contributed by atoms with Crippen molar-refractivity contribution >= 4 is 0 Å². The van der Waals surface area contributed by atoms with Crippen LogP contribution in [0.5, 0.6) is 0 Å². The fourth-order valence-corrected chi connectivity index (χ4v) is 4.89. The standard InChI is InChI=1S/C28H32/c1-3-7-22-10-12-26(13-11-22)28-19-18-27(20-21(28)2)25-16-14-24(15-17-25)23-8-5-4-6-9-23/h4-6,8-13,18-20,24-25H,3,7,14-17H2,1-2H3. The number of benzene rings is 3. The maximum Gasteiger partial charge on any atom is -0.0155 e. The normalized spacial score (nSPS) is 19.5. The second-order valence-corrected chi connectivity index (χ2v) is 8.48. The molecular weight excluding hydrogens is 336 g/mol. The third-order valence-electron chi connectivity index (χ3n) is 6.52. The maximum absolute atomic E-state index is 2.45. The topological polar surface area (TPSA) is 0 Å². The molecule has 0 amide bonds. The second kappa shape index (κ2) is 8.78. The summed E-state index contributed by atoms with van der Waals surface area (Å²) in [6, 6.07) is 27.4. The summed E-state index contributed by atoms with van der Waals surface area (Å²) in [4.78, 5) is 0. The summed E-state index contributed by atoms with van der Waals surface area (Å²) in [5, 5.41) is 0. The highest BCUT2D eigenvalue weighted by Crippen LogP contribution is 2.41. The molecule has 3 aromatic carbocycles. The molecule has 0 bridgehead atoms. The van der Waals surface area contributed by atoms with Crippen LogP contribution in [0.1, 0.15) is 73.1 Å². The van der Waals surface area contributed by atoms with Gasteiger partial charge in [-0.1, -0.05) is 86.1 Å². The zero-order valence-electron chi connectivity index (χ0n) is 17.3. The average Bonchev–Trinajstić information content (AvgIpc) is 2.75. The zero-order chi connectivity index (χ0) is 19.3. The molecule has 28 heavy (non-hydrogen) atoms. The van der Waals surface area contributed by atoms with E-state index in [1.54, 1.807) is 0 Å². The van der Waals surface area contributed by atoms with Crippen molar-refractivity contribution in [2.24, 2.45) is 0 Å². The van der Waals surface area contributed by atoms with Crippen LogP contribution in [0.15, 0.2) is 72.8 Å². The minimum atomic E-state index is 0.722. The third kappa shape index (κ3) is 4.22. The van der Waals surface area contributed by atoms with Gasteiger partial charge in [-0.15, -0.1) is 0 Å². The maximum atomic E-state index is 2.45. The molecule has 4 rings (SSSR count). The van der Waals surface area contributed by atoms with Gasteiger partial charge in [0.05, 0.1) is 0 Å². The molecule has 1 fully saturated rings. The van der Waals surface area contributed by atoms with Crippen molar-refractivity contribution in [2.75, 3.05) is 0 Å². The van der Waals surface area contributed by atoms with E-state index in [0.717, 1.165) is 11.8 Å². The van der Waals surface area contributed by atoms with E-state index in [0.29, 0.717) is 0 Å². The fourth-order valence-electron chi connectivity index (χ4n) is 4.89. The molecule has 0 spiro atoms. The lowest BCUT2D eigenvalue weighted by Crippen LogP contribution is -2.12. The number of rotatable bonds is 5. The number of hydrogen-bond acceptors (Lipinski definition) is 0. The van der Waals surface area contributed by atoms with E-state index >= 15 is 0 Å². The molecule has 3 aromatic rings.